The van der Waals surface area contributed by atoms with Crippen molar-refractivity contribution in [3.63, 3.8) is 0 Å². The second kappa shape index (κ2) is 18.8. The van der Waals surface area contributed by atoms with Gasteiger partial charge in [-0.15, -0.1) is 0 Å². The van der Waals surface area contributed by atoms with Crippen molar-refractivity contribution in [3.05, 3.63) is 0 Å². The van der Waals surface area contributed by atoms with Crippen LogP contribution in [0.15, 0.2) is 0 Å². The third kappa shape index (κ3) is 14.3. The number of hydrogen-bond donors (Lipinski definition) is 0. The molecule has 6 unspecified atom stereocenters. The molecule has 46 heavy (non-hydrogen) atoms. The van der Waals surface area contributed by atoms with E-state index in [-0.39, 0.29) is 0 Å². The minimum atomic E-state index is -2.85. The topological polar surface area (TPSA) is 120 Å². The third-order valence-corrected chi connectivity index (χ3v) is 64.4. The van der Waals surface area contributed by atoms with E-state index in [1.807, 2.05) is 19.6 Å². The first-order valence-corrected chi connectivity index (χ1v) is 45.8. The van der Waals surface area contributed by atoms with E-state index in [9.17, 15) is 4.39 Å². The van der Waals surface area contributed by atoms with E-state index in [4.69, 9.17) is 54.1 Å². The van der Waals surface area contributed by atoms with Gasteiger partial charge in [0.25, 0.3) is 83.6 Å². The summed E-state index contributed by atoms with van der Waals surface area (Å²) in [6, 6.07) is 0.836. The molecule has 3 saturated heterocycles. The molecule has 0 aromatic heterocycles. The van der Waals surface area contributed by atoms with Crippen LogP contribution in [0.3, 0.4) is 0 Å². The van der Waals surface area contributed by atoms with Gasteiger partial charge in [0.1, 0.15) is 0 Å². The molecule has 13 nitrogen and oxygen atoms in total. The van der Waals surface area contributed by atoms with Crippen molar-refractivity contribution in [2.24, 2.45) is 0 Å². The molecule has 3 heterocycles. The Bertz CT molecular complexity index is 798. The van der Waals surface area contributed by atoms with Gasteiger partial charge in [-0.2, -0.15) is 0 Å². The summed E-state index contributed by atoms with van der Waals surface area (Å²) in [5.74, 6) is 0. The standard InChI is InChI=1S/C19H59FO13Si13/c1-34-22-37(4)28-43(10,29-38(5)23-34)17-46(15-13-14-21-16-20,18-44(11)30-39(6)24-35(2)25-40(7)31-44)19-45(12)32-41(8)26-36(3)27-42(9)33-45/h34-42H,13-19H2,1-12H3. The van der Waals surface area contributed by atoms with E-state index in [1.165, 1.54) is 0 Å². The SMILES string of the molecule is C[SiH]1O[SiH](C)O[Si](C)(C[Si](CCCOCF)(C[Si]2(C)O[SiH](C)O[SiH](C)O[SiH](C)O2)C[Si]2(C)O[SiH](C)O[SiH](C)O[SiH](C)O2)O[SiH](C)O1. The van der Waals surface area contributed by atoms with Crippen molar-refractivity contribution in [2.45, 2.75) is 108 Å². The van der Waals surface area contributed by atoms with E-state index in [1.54, 1.807) is 0 Å². The lowest BCUT2D eigenvalue weighted by molar-refractivity contribution is 0.0583. The maximum Gasteiger partial charge on any atom is 0.314 e. The molecule has 27 heteroatoms. The largest absolute Gasteiger partial charge is 0.420 e. The Labute approximate surface area is 295 Å². The molecule has 272 valence electrons. The van der Waals surface area contributed by atoms with E-state index < -0.39 is 124 Å². The van der Waals surface area contributed by atoms with Gasteiger partial charge in [-0.1, -0.05) is 6.04 Å². The fraction of sp³-hybridized carbons (Fsp3) is 1.00. The summed E-state index contributed by atoms with van der Waals surface area (Å²) in [4.78, 5) is 0. The highest BCUT2D eigenvalue weighted by Gasteiger charge is 2.57. The van der Waals surface area contributed by atoms with Gasteiger partial charge in [-0.3, -0.25) is 0 Å². The number of alkyl halides is 1. The van der Waals surface area contributed by atoms with Gasteiger partial charge < -0.3 is 54.1 Å². The number of rotatable bonds is 11. The zero-order chi connectivity index (χ0) is 34.3. The molecule has 3 aliphatic heterocycles. The normalized spacial score (nSPS) is 44.9. The van der Waals surface area contributed by atoms with Crippen LogP contribution in [0.25, 0.3) is 0 Å². The van der Waals surface area contributed by atoms with Gasteiger partial charge >= 0.3 is 25.7 Å². The van der Waals surface area contributed by atoms with E-state index in [2.05, 4.69) is 58.9 Å². The molecule has 6 atom stereocenters. The summed E-state index contributed by atoms with van der Waals surface area (Å²) < 4.78 is 97.9. The van der Waals surface area contributed by atoms with Crippen molar-refractivity contribution >= 4 is 117 Å². The molecule has 0 aliphatic carbocycles. The minimum absolute atomic E-state index is 0.328. The second-order valence-corrected chi connectivity index (χ2v) is 50.1. The lowest BCUT2D eigenvalue weighted by Gasteiger charge is -2.49. The molecule has 0 aromatic rings. The van der Waals surface area contributed by atoms with Crippen LogP contribution < -0.4 is 0 Å². The summed E-state index contributed by atoms with van der Waals surface area (Å²) in [6.45, 7) is 24.7. The Morgan fingerprint density at radius 1 is 0.478 bits per heavy atom. The molecule has 3 fully saturated rings. The van der Waals surface area contributed by atoms with Crippen LogP contribution in [0.2, 0.25) is 102 Å². The predicted octanol–water partition coefficient (Wildman–Crippen LogP) is 1.50. The van der Waals surface area contributed by atoms with Crippen LogP contribution in [0.4, 0.5) is 4.39 Å². The van der Waals surface area contributed by atoms with Crippen LogP contribution in [0.1, 0.15) is 6.42 Å². The van der Waals surface area contributed by atoms with Gasteiger partial charge in [-0.25, -0.2) is 4.39 Å². The monoisotopic (exact) mass is 878 g/mol. The predicted molar refractivity (Wildman–Crippen MR) is 207 cm³/mol. The molecular weight excluding hydrogens is 820 g/mol. The molecule has 0 aromatic carbocycles. The van der Waals surface area contributed by atoms with Gasteiger partial charge in [0.05, 0.1) is 8.07 Å². The van der Waals surface area contributed by atoms with Crippen molar-refractivity contribution in [2.75, 3.05) is 13.5 Å². The van der Waals surface area contributed by atoms with E-state index in [0.29, 0.717) is 13.0 Å². The summed E-state index contributed by atoms with van der Waals surface area (Å²) in [5, 5.41) is 0. The third-order valence-electron chi connectivity index (χ3n) is 7.95. The average molecular weight is 880 g/mol. The summed E-state index contributed by atoms with van der Waals surface area (Å²) in [6.07, 6.45) is 0.695. The first-order valence-electron chi connectivity index (χ1n) is 16.5. The first kappa shape index (κ1) is 42.6. The Balaban J connectivity index is 2.11. The smallest absolute Gasteiger partial charge is 0.314 e. The fourth-order valence-electron chi connectivity index (χ4n) is 7.42. The minimum Gasteiger partial charge on any atom is -0.420 e. The van der Waals surface area contributed by atoms with Crippen LogP contribution in [-0.4, -0.2) is 131 Å². The Morgan fingerprint density at radius 3 is 0.978 bits per heavy atom. The lowest BCUT2D eigenvalue weighted by Crippen LogP contribution is -2.65. The van der Waals surface area contributed by atoms with Crippen molar-refractivity contribution in [3.8, 4) is 0 Å². The molecule has 0 spiro atoms. The van der Waals surface area contributed by atoms with E-state index in [0.717, 1.165) is 23.0 Å². The second-order valence-electron chi connectivity index (χ2n) is 13.2. The summed E-state index contributed by atoms with van der Waals surface area (Å²) in [5.41, 5.74) is 2.32. The summed E-state index contributed by atoms with van der Waals surface area (Å²) >= 11 is 0. The van der Waals surface area contributed by atoms with Gasteiger partial charge in [-0.05, 0) is 102 Å². The molecule has 0 N–H and O–H groups in total. The van der Waals surface area contributed by atoms with Crippen LogP contribution in [0.5, 0.6) is 0 Å². The molecule has 3 rings (SSSR count). The van der Waals surface area contributed by atoms with Gasteiger partial charge in [0.2, 0.25) is 0 Å². The number of ether oxygens (including phenoxy) is 1. The number of halogens is 1. The quantitative estimate of drug-likeness (QED) is 0.221. The molecule has 0 amide bonds. The zero-order valence-electron chi connectivity index (χ0n) is 29.8. The zero-order valence-corrected chi connectivity index (χ0v) is 44.2. The highest BCUT2D eigenvalue weighted by molar-refractivity contribution is 7.07. The van der Waals surface area contributed by atoms with Crippen LogP contribution in [0, 0.1) is 0 Å². The van der Waals surface area contributed by atoms with Gasteiger partial charge in [0.15, 0.2) is 6.86 Å². The highest BCUT2D eigenvalue weighted by atomic mass is 28.5. The lowest BCUT2D eigenvalue weighted by atomic mass is 10.5. The molecule has 0 bridgehead atoms. The van der Waals surface area contributed by atoms with Crippen LogP contribution in [-0.2, 0) is 54.1 Å². The highest BCUT2D eigenvalue weighted by Crippen LogP contribution is 2.42. The molecular formula is C19H59FO13Si13. The fourth-order valence-corrected chi connectivity index (χ4v) is 77.0. The van der Waals surface area contributed by atoms with Crippen LogP contribution >= 0.6 is 0 Å². The molecule has 3 aliphatic rings. The Kier molecular flexibility index (Phi) is 17.4. The maximum atomic E-state index is 13.2. The summed E-state index contributed by atoms with van der Waals surface area (Å²) in [7, 11) is -28.7. The Morgan fingerprint density at radius 2 is 0.739 bits per heavy atom. The van der Waals surface area contributed by atoms with E-state index >= 15 is 0 Å². The van der Waals surface area contributed by atoms with Crippen molar-refractivity contribution < 1.29 is 58.5 Å². The average Bonchev–Trinajstić information content (AvgIpc) is 2.82. The Hall–Kier alpha value is 2.23. The van der Waals surface area contributed by atoms with Crippen molar-refractivity contribution in [1.82, 2.24) is 0 Å². The van der Waals surface area contributed by atoms with Gasteiger partial charge in [0, 0.05) is 6.61 Å². The van der Waals surface area contributed by atoms with Crippen molar-refractivity contribution in [1.29, 1.82) is 0 Å². The first-order chi connectivity index (χ1) is 21.3. The molecule has 0 saturated carbocycles. The number of hydrogen-bond acceptors (Lipinski definition) is 13. The molecule has 0 radical (unpaired) electrons. The maximum absolute atomic E-state index is 13.2.